The second kappa shape index (κ2) is 10.7. The Morgan fingerprint density at radius 2 is 1.75 bits per heavy atom. The predicted octanol–water partition coefficient (Wildman–Crippen LogP) is 6.88. The van der Waals surface area contributed by atoms with E-state index in [1.807, 2.05) is 80.6 Å². The van der Waals surface area contributed by atoms with Crippen molar-refractivity contribution in [3.05, 3.63) is 119 Å². The molecule has 6 rings (SSSR count). The molecule has 9 heteroatoms. The van der Waals surface area contributed by atoms with E-state index in [0.717, 1.165) is 33.4 Å². The van der Waals surface area contributed by atoms with Crippen molar-refractivity contribution >= 4 is 46.0 Å². The molecule has 0 aliphatic carbocycles. The lowest BCUT2D eigenvalue weighted by Crippen LogP contribution is -2.37. The van der Waals surface area contributed by atoms with Gasteiger partial charge in [-0.1, -0.05) is 60.1 Å². The lowest BCUT2D eigenvalue weighted by Gasteiger charge is -2.25. The minimum atomic E-state index is -0.685. The summed E-state index contributed by atoms with van der Waals surface area (Å²) in [6, 6.07) is 25.9. The van der Waals surface area contributed by atoms with Crippen molar-refractivity contribution in [1.82, 2.24) is 15.3 Å². The van der Waals surface area contributed by atoms with Crippen LogP contribution in [0.25, 0.3) is 22.2 Å². The molecule has 8 nitrogen and oxygen atoms in total. The summed E-state index contributed by atoms with van der Waals surface area (Å²) in [6.45, 7) is 3.78. The van der Waals surface area contributed by atoms with E-state index in [2.05, 4.69) is 16.0 Å². The molecule has 0 saturated heterocycles. The van der Waals surface area contributed by atoms with Crippen LogP contribution in [0.4, 0.5) is 11.6 Å². The fourth-order valence-electron chi connectivity index (χ4n) is 4.67. The van der Waals surface area contributed by atoms with Gasteiger partial charge in [-0.15, -0.1) is 0 Å². The minimum Gasteiger partial charge on any atom is -0.467 e. The molecule has 0 fully saturated rings. The van der Waals surface area contributed by atoms with Crippen molar-refractivity contribution in [2.45, 2.75) is 19.9 Å². The van der Waals surface area contributed by atoms with Crippen LogP contribution in [0.2, 0.25) is 5.02 Å². The van der Waals surface area contributed by atoms with Gasteiger partial charge in [0.05, 0.1) is 23.0 Å². The van der Waals surface area contributed by atoms with Gasteiger partial charge in [0.25, 0.3) is 5.91 Å². The number of furan rings is 1. The quantitative estimate of drug-likeness (QED) is 0.221. The van der Waals surface area contributed by atoms with Gasteiger partial charge in [-0.05, 0) is 55.8 Å². The second-order valence-electron chi connectivity index (χ2n) is 9.38. The molecule has 3 aromatic carbocycles. The number of aromatic nitrogens is 2. The van der Waals surface area contributed by atoms with Crippen molar-refractivity contribution in [2.24, 2.45) is 4.99 Å². The summed E-state index contributed by atoms with van der Waals surface area (Å²) >= 11 is 6.31. The van der Waals surface area contributed by atoms with E-state index in [0.29, 0.717) is 34.0 Å². The lowest BCUT2D eigenvalue weighted by atomic mass is 10.0. The number of aryl methyl sites for hydroxylation is 1. The number of benzene rings is 3. The first kappa shape index (κ1) is 25.3. The number of carbonyl (C=O) groups is 1. The number of para-hydroxylation sites is 1. The number of guanidine groups is 1. The molecule has 1 aliphatic rings. The van der Waals surface area contributed by atoms with E-state index in [1.54, 1.807) is 24.5 Å². The van der Waals surface area contributed by atoms with Crippen LogP contribution in [0.3, 0.4) is 0 Å². The number of amides is 1. The van der Waals surface area contributed by atoms with E-state index in [4.69, 9.17) is 31.0 Å². The van der Waals surface area contributed by atoms with Crippen LogP contribution in [0.5, 0.6) is 0 Å². The highest BCUT2D eigenvalue weighted by atomic mass is 35.5. The molecule has 3 heterocycles. The Bertz CT molecular complexity index is 1780. The zero-order chi connectivity index (χ0) is 27.6. The fourth-order valence-corrected chi connectivity index (χ4v) is 4.84. The molecule has 2 aromatic heterocycles. The highest BCUT2D eigenvalue weighted by molar-refractivity contribution is 6.31. The van der Waals surface area contributed by atoms with Crippen LogP contribution in [0.1, 0.15) is 24.3 Å². The largest absolute Gasteiger partial charge is 0.467 e. The molecule has 0 spiro atoms. The van der Waals surface area contributed by atoms with E-state index in [1.165, 1.54) is 0 Å². The molecule has 0 saturated carbocycles. The molecule has 0 bridgehead atoms. The molecular formula is C31H25ClN6O2. The number of rotatable bonds is 5. The average Bonchev–Trinajstić information content (AvgIpc) is 3.49. The van der Waals surface area contributed by atoms with Crippen LogP contribution in [0, 0.1) is 6.92 Å². The molecule has 5 aromatic rings. The van der Waals surface area contributed by atoms with Crippen LogP contribution >= 0.6 is 11.6 Å². The Hall–Kier alpha value is -4.95. The van der Waals surface area contributed by atoms with E-state index in [-0.39, 0.29) is 5.91 Å². The minimum absolute atomic E-state index is 0.270. The van der Waals surface area contributed by atoms with Crippen molar-refractivity contribution in [3.8, 4) is 11.3 Å². The summed E-state index contributed by atoms with van der Waals surface area (Å²) in [4.78, 5) is 27.8. The summed E-state index contributed by atoms with van der Waals surface area (Å²) in [6.07, 6.45) is 1.57. The maximum Gasteiger partial charge on any atom is 0.256 e. The molecule has 3 N–H and O–H groups in total. The highest BCUT2D eigenvalue weighted by Gasteiger charge is 2.31. The summed E-state index contributed by atoms with van der Waals surface area (Å²) in [5, 5.41) is 10.9. The first-order chi connectivity index (χ1) is 19.5. The zero-order valence-corrected chi connectivity index (χ0v) is 22.5. The molecule has 1 unspecified atom stereocenters. The third kappa shape index (κ3) is 5.04. The number of halogens is 1. The standard InChI is InChI=1S/C31H25ClN6O2/c1-18-9-6-7-12-23(18)34-29(39)26-19(2)33-30(37-28(26)25-13-8-16-40-25)38-31-35-24-15-14-21(32)17-22(24)27(36-31)20-10-4-3-5-11-20/h3-17,28H,1-2H3,(H,34,39)(H2,33,35,36,37,38). The van der Waals surface area contributed by atoms with E-state index in [9.17, 15) is 4.79 Å². The number of nitrogens with zero attached hydrogens (tertiary/aromatic N) is 3. The summed E-state index contributed by atoms with van der Waals surface area (Å²) in [5.74, 6) is 1.00. The maximum absolute atomic E-state index is 13.5. The number of hydrogen-bond acceptors (Lipinski definition) is 7. The van der Waals surface area contributed by atoms with Gasteiger partial charge in [-0.3, -0.25) is 10.1 Å². The summed E-state index contributed by atoms with van der Waals surface area (Å²) in [5.41, 5.74) is 5.16. The molecule has 198 valence electrons. The molecule has 1 aliphatic heterocycles. The summed E-state index contributed by atoms with van der Waals surface area (Å²) < 4.78 is 5.70. The fraction of sp³-hybridized carbons (Fsp3) is 0.0968. The molecule has 1 atom stereocenters. The highest BCUT2D eigenvalue weighted by Crippen LogP contribution is 2.33. The van der Waals surface area contributed by atoms with Crippen LogP contribution < -0.4 is 16.0 Å². The van der Waals surface area contributed by atoms with Gasteiger partial charge in [0.15, 0.2) is 0 Å². The topological polar surface area (TPSA) is 104 Å². The lowest BCUT2D eigenvalue weighted by molar-refractivity contribution is -0.113. The average molecular weight is 549 g/mol. The third-order valence-corrected chi connectivity index (χ3v) is 6.86. The van der Waals surface area contributed by atoms with Crippen molar-refractivity contribution in [1.29, 1.82) is 0 Å². The van der Waals surface area contributed by atoms with E-state index < -0.39 is 6.04 Å². The first-order valence-electron chi connectivity index (χ1n) is 12.7. The normalized spacial score (nSPS) is 15.0. The summed E-state index contributed by atoms with van der Waals surface area (Å²) in [7, 11) is 0. The van der Waals surface area contributed by atoms with Crippen LogP contribution in [0.15, 0.2) is 112 Å². The smallest absolute Gasteiger partial charge is 0.256 e. The molecule has 0 radical (unpaired) electrons. The van der Waals surface area contributed by atoms with Crippen LogP contribution in [-0.2, 0) is 4.79 Å². The number of anilines is 2. The SMILES string of the molecule is CC1=C(C(=O)Nc2ccccc2C)C(c2ccco2)N=C(Nc2nc(-c3ccccc3)c3cc(Cl)ccc3n2)N1. The Balaban J connectivity index is 1.36. The van der Waals surface area contributed by atoms with Gasteiger partial charge in [0, 0.05) is 27.4 Å². The number of fused-ring (bicyclic) bond motifs is 1. The maximum atomic E-state index is 13.5. The van der Waals surface area contributed by atoms with Crippen molar-refractivity contribution < 1.29 is 9.21 Å². The number of allylic oxidation sites excluding steroid dienone is 1. The number of aliphatic imine (C=N–C) groups is 1. The Morgan fingerprint density at radius 1 is 0.950 bits per heavy atom. The number of carbonyl (C=O) groups excluding carboxylic acids is 1. The molecular weight excluding hydrogens is 524 g/mol. The number of hydrogen-bond donors (Lipinski definition) is 3. The zero-order valence-electron chi connectivity index (χ0n) is 21.8. The second-order valence-corrected chi connectivity index (χ2v) is 9.81. The van der Waals surface area contributed by atoms with Gasteiger partial charge in [0.1, 0.15) is 11.8 Å². The predicted molar refractivity (Wildman–Crippen MR) is 158 cm³/mol. The first-order valence-corrected chi connectivity index (χ1v) is 13.1. The monoisotopic (exact) mass is 548 g/mol. The van der Waals surface area contributed by atoms with Crippen LogP contribution in [-0.4, -0.2) is 21.8 Å². The van der Waals surface area contributed by atoms with Gasteiger partial charge in [-0.25, -0.2) is 15.0 Å². The van der Waals surface area contributed by atoms with E-state index >= 15 is 0 Å². The van der Waals surface area contributed by atoms with Gasteiger partial charge < -0.3 is 15.1 Å². The van der Waals surface area contributed by atoms with Gasteiger partial charge >= 0.3 is 0 Å². The van der Waals surface area contributed by atoms with Gasteiger partial charge in [0.2, 0.25) is 11.9 Å². The Labute approximate surface area is 235 Å². The molecule has 40 heavy (non-hydrogen) atoms. The van der Waals surface area contributed by atoms with Crippen molar-refractivity contribution in [2.75, 3.05) is 10.6 Å². The third-order valence-electron chi connectivity index (χ3n) is 6.63. The molecule has 1 amide bonds. The van der Waals surface area contributed by atoms with Gasteiger partial charge in [-0.2, -0.15) is 0 Å². The van der Waals surface area contributed by atoms with Crippen molar-refractivity contribution in [3.63, 3.8) is 0 Å². The Kier molecular flexibility index (Phi) is 6.76. The Morgan fingerprint density at radius 3 is 2.52 bits per heavy atom. The number of nitrogens with one attached hydrogen (secondary N) is 3.